The van der Waals surface area contributed by atoms with Gasteiger partial charge in [0.15, 0.2) is 0 Å². The highest BCUT2D eigenvalue weighted by Crippen LogP contribution is 2.28. The minimum atomic E-state index is -0.715. The SMILES string of the molecule is O=C(Nc1ccc(F)cc1)C(=O)c1c2n(c3ccccc13)CCNCC2. The van der Waals surface area contributed by atoms with Gasteiger partial charge in [-0.05, 0) is 30.3 Å². The molecule has 0 spiro atoms. The minimum Gasteiger partial charge on any atom is -0.343 e. The number of carbonyl (C=O) groups excluding carboxylic acids is 2. The number of nitrogens with one attached hydrogen (secondary N) is 2. The van der Waals surface area contributed by atoms with Gasteiger partial charge in [0.2, 0.25) is 0 Å². The Hall–Kier alpha value is -2.99. The van der Waals surface area contributed by atoms with E-state index in [2.05, 4.69) is 15.2 Å². The molecule has 6 heteroatoms. The molecule has 5 nitrogen and oxygen atoms in total. The highest BCUT2D eigenvalue weighted by Gasteiger charge is 2.27. The van der Waals surface area contributed by atoms with Crippen LogP contribution in [0, 0.1) is 5.82 Å². The summed E-state index contributed by atoms with van der Waals surface area (Å²) in [6, 6.07) is 13.0. The van der Waals surface area contributed by atoms with Crippen LogP contribution in [-0.2, 0) is 17.8 Å². The predicted octanol–water partition coefficient (Wildman–Crippen LogP) is 2.75. The Labute approximate surface area is 149 Å². The number of amides is 1. The van der Waals surface area contributed by atoms with Crippen molar-refractivity contribution in [2.75, 3.05) is 18.4 Å². The van der Waals surface area contributed by atoms with Crippen molar-refractivity contribution in [3.05, 3.63) is 65.6 Å². The molecule has 0 saturated heterocycles. The highest BCUT2D eigenvalue weighted by molar-refractivity contribution is 6.48. The molecule has 26 heavy (non-hydrogen) atoms. The van der Waals surface area contributed by atoms with Crippen LogP contribution in [0.4, 0.5) is 10.1 Å². The van der Waals surface area contributed by atoms with Crippen molar-refractivity contribution in [3.63, 3.8) is 0 Å². The maximum Gasteiger partial charge on any atom is 0.296 e. The van der Waals surface area contributed by atoms with Gasteiger partial charge in [0.25, 0.3) is 11.7 Å². The molecule has 0 unspecified atom stereocenters. The number of hydrogen-bond donors (Lipinski definition) is 2. The molecule has 1 aliphatic heterocycles. The van der Waals surface area contributed by atoms with Gasteiger partial charge >= 0.3 is 0 Å². The first kappa shape index (κ1) is 16.5. The topological polar surface area (TPSA) is 63.1 Å². The summed E-state index contributed by atoms with van der Waals surface area (Å²) in [5.41, 5.74) is 2.70. The highest BCUT2D eigenvalue weighted by atomic mass is 19.1. The largest absolute Gasteiger partial charge is 0.343 e. The Bertz CT molecular complexity index is 992. The molecule has 0 atom stereocenters. The van der Waals surface area contributed by atoms with Gasteiger partial charge < -0.3 is 15.2 Å². The van der Waals surface area contributed by atoms with Crippen LogP contribution in [0.3, 0.4) is 0 Å². The fraction of sp³-hybridized carbons (Fsp3) is 0.200. The van der Waals surface area contributed by atoms with Gasteiger partial charge in [0, 0.05) is 48.3 Å². The molecule has 0 aliphatic carbocycles. The number of fused-ring (bicyclic) bond motifs is 3. The van der Waals surface area contributed by atoms with E-state index in [0.29, 0.717) is 17.7 Å². The number of nitrogens with zero attached hydrogens (tertiary/aromatic N) is 1. The smallest absolute Gasteiger partial charge is 0.296 e. The number of carbonyl (C=O) groups is 2. The van der Waals surface area contributed by atoms with Crippen LogP contribution < -0.4 is 10.6 Å². The van der Waals surface area contributed by atoms with Gasteiger partial charge in [-0.25, -0.2) is 4.39 Å². The monoisotopic (exact) mass is 351 g/mol. The number of rotatable bonds is 3. The Balaban J connectivity index is 1.73. The van der Waals surface area contributed by atoms with Gasteiger partial charge in [-0.3, -0.25) is 9.59 Å². The summed E-state index contributed by atoms with van der Waals surface area (Å²) in [6.07, 6.45) is 0.680. The summed E-state index contributed by atoms with van der Waals surface area (Å²) < 4.78 is 15.1. The number of aromatic nitrogens is 1. The maximum absolute atomic E-state index is 13.0. The van der Waals surface area contributed by atoms with Crippen molar-refractivity contribution in [2.45, 2.75) is 13.0 Å². The molecule has 1 aromatic heterocycles. The number of para-hydroxylation sites is 1. The van der Waals surface area contributed by atoms with Crippen molar-refractivity contribution < 1.29 is 14.0 Å². The van der Waals surface area contributed by atoms with Crippen LogP contribution in [-0.4, -0.2) is 29.3 Å². The first-order chi connectivity index (χ1) is 12.6. The van der Waals surface area contributed by atoms with E-state index in [-0.39, 0.29) is 0 Å². The average Bonchev–Trinajstić information content (AvgIpc) is 2.79. The molecule has 0 saturated carbocycles. The van der Waals surface area contributed by atoms with Crippen LogP contribution in [0.15, 0.2) is 48.5 Å². The van der Waals surface area contributed by atoms with Crippen LogP contribution in [0.25, 0.3) is 10.9 Å². The molecular weight excluding hydrogens is 333 g/mol. The molecule has 0 bridgehead atoms. The van der Waals surface area contributed by atoms with Crippen molar-refractivity contribution in [3.8, 4) is 0 Å². The van der Waals surface area contributed by atoms with E-state index in [1.807, 2.05) is 24.3 Å². The van der Waals surface area contributed by atoms with Crippen molar-refractivity contribution >= 4 is 28.3 Å². The zero-order chi connectivity index (χ0) is 18.1. The number of anilines is 1. The van der Waals surface area contributed by atoms with Crippen LogP contribution in [0.1, 0.15) is 16.1 Å². The number of halogens is 1. The van der Waals surface area contributed by atoms with Gasteiger partial charge in [-0.1, -0.05) is 18.2 Å². The number of Topliss-reactive ketones (excluding diaryl/α,β-unsaturated/α-hetero) is 1. The van der Waals surface area contributed by atoms with E-state index >= 15 is 0 Å². The third kappa shape index (κ3) is 2.88. The normalized spacial score (nSPS) is 13.9. The van der Waals surface area contributed by atoms with Crippen molar-refractivity contribution in [1.29, 1.82) is 0 Å². The zero-order valence-electron chi connectivity index (χ0n) is 14.1. The van der Waals surface area contributed by atoms with Crippen molar-refractivity contribution in [1.82, 2.24) is 9.88 Å². The third-order valence-corrected chi connectivity index (χ3v) is 4.66. The van der Waals surface area contributed by atoms with E-state index in [9.17, 15) is 14.0 Å². The first-order valence-corrected chi connectivity index (χ1v) is 8.57. The lowest BCUT2D eigenvalue weighted by Gasteiger charge is -2.07. The van der Waals surface area contributed by atoms with Gasteiger partial charge in [-0.15, -0.1) is 0 Å². The second-order valence-corrected chi connectivity index (χ2v) is 6.28. The second kappa shape index (κ2) is 6.72. The van der Waals surface area contributed by atoms with E-state index in [1.165, 1.54) is 24.3 Å². The van der Waals surface area contributed by atoms with Crippen LogP contribution >= 0.6 is 0 Å². The fourth-order valence-electron chi connectivity index (χ4n) is 3.48. The minimum absolute atomic E-state index is 0.390. The average molecular weight is 351 g/mol. The standard InChI is InChI=1S/C20H18FN3O2/c21-13-5-7-14(8-6-13)23-20(26)19(25)18-15-3-1-2-4-16(15)24-12-11-22-10-9-17(18)24/h1-8,22H,9-12H2,(H,23,26). The summed E-state index contributed by atoms with van der Waals surface area (Å²) >= 11 is 0. The summed E-state index contributed by atoms with van der Waals surface area (Å²) in [7, 11) is 0. The molecule has 2 aromatic carbocycles. The molecule has 0 radical (unpaired) electrons. The Morgan fingerprint density at radius 1 is 1.04 bits per heavy atom. The summed E-state index contributed by atoms with van der Waals surface area (Å²) in [6.45, 7) is 2.33. The lowest BCUT2D eigenvalue weighted by atomic mass is 10.0. The van der Waals surface area contributed by atoms with E-state index in [4.69, 9.17) is 0 Å². The van der Waals surface area contributed by atoms with E-state index < -0.39 is 17.5 Å². The molecule has 132 valence electrons. The maximum atomic E-state index is 13.0. The number of ketones is 1. The van der Waals surface area contributed by atoms with E-state index in [1.54, 1.807) is 0 Å². The Morgan fingerprint density at radius 3 is 2.62 bits per heavy atom. The summed E-state index contributed by atoms with van der Waals surface area (Å²) in [5.74, 6) is -1.68. The molecule has 3 aromatic rings. The molecule has 0 fully saturated rings. The zero-order valence-corrected chi connectivity index (χ0v) is 14.1. The van der Waals surface area contributed by atoms with Crippen LogP contribution in [0.5, 0.6) is 0 Å². The summed E-state index contributed by atoms with van der Waals surface area (Å²) in [4.78, 5) is 25.5. The molecular formula is C20H18FN3O2. The van der Waals surface area contributed by atoms with Gasteiger partial charge in [-0.2, -0.15) is 0 Å². The first-order valence-electron chi connectivity index (χ1n) is 8.57. The fourth-order valence-corrected chi connectivity index (χ4v) is 3.48. The lowest BCUT2D eigenvalue weighted by Crippen LogP contribution is -2.24. The van der Waals surface area contributed by atoms with E-state index in [0.717, 1.165) is 36.2 Å². The van der Waals surface area contributed by atoms with Crippen molar-refractivity contribution in [2.24, 2.45) is 0 Å². The Morgan fingerprint density at radius 2 is 1.81 bits per heavy atom. The van der Waals surface area contributed by atoms with Gasteiger partial charge in [0.1, 0.15) is 5.82 Å². The number of benzene rings is 2. The molecule has 4 rings (SSSR count). The van der Waals surface area contributed by atoms with Crippen LogP contribution in [0.2, 0.25) is 0 Å². The number of hydrogen-bond acceptors (Lipinski definition) is 3. The molecule has 2 heterocycles. The Kier molecular flexibility index (Phi) is 4.26. The predicted molar refractivity (Wildman–Crippen MR) is 97.9 cm³/mol. The molecule has 2 N–H and O–H groups in total. The summed E-state index contributed by atoms with van der Waals surface area (Å²) in [5, 5.41) is 6.68. The third-order valence-electron chi connectivity index (χ3n) is 4.66. The quantitative estimate of drug-likeness (QED) is 0.563. The lowest BCUT2D eigenvalue weighted by molar-refractivity contribution is -0.112. The molecule has 1 amide bonds. The second-order valence-electron chi connectivity index (χ2n) is 6.28. The molecule has 1 aliphatic rings. The van der Waals surface area contributed by atoms with Gasteiger partial charge in [0.05, 0.1) is 5.56 Å².